The van der Waals surface area contributed by atoms with E-state index in [2.05, 4.69) is 25.9 Å². The van der Waals surface area contributed by atoms with Crippen LogP contribution in [-0.2, 0) is 15.7 Å². The molecule has 0 bridgehead atoms. The van der Waals surface area contributed by atoms with Gasteiger partial charge >= 0.3 is 12.3 Å². The number of ether oxygens (including phenoxy) is 1. The zero-order valence-electron chi connectivity index (χ0n) is 14.0. The zero-order valence-corrected chi connectivity index (χ0v) is 15.6. The number of amides is 2. The van der Waals surface area contributed by atoms with Crippen LogP contribution in [0.3, 0.4) is 0 Å². The van der Waals surface area contributed by atoms with E-state index >= 15 is 0 Å². The average molecular weight is 462 g/mol. The van der Waals surface area contributed by atoms with Crippen molar-refractivity contribution >= 4 is 27.9 Å². The molecule has 148 valence electrons. The summed E-state index contributed by atoms with van der Waals surface area (Å²) in [7, 11) is 0. The lowest BCUT2D eigenvalue weighted by molar-refractivity contribution is -0.145. The van der Waals surface area contributed by atoms with Crippen molar-refractivity contribution in [1.82, 2.24) is 14.9 Å². The fourth-order valence-corrected chi connectivity index (χ4v) is 3.59. The third kappa shape index (κ3) is 4.13. The number of halogens is 5. The molecule has 1 fully saturated rings. The first kappa shape index (κ1) is 20.2. The van der Waals surface area contributed by atoms with E-state index in [1.165, 1.54) is 12.1 Å². The van der Waals surface area contributed by atoms with Crippen LogP contribution in [0, 0.1) is 5.82 Å². The molecule has 1 aromatic heterocycles. The summed E-state index contributed by atoms with van der Waals surface area (Å²) in [6, 6.07) is 5.09. The number of benzene rings is 1. The molecule has 0 spiro atoms. The van der Waals surface area contributed by atoms with Crippen molar-refractivity contribution < 1.29 is 31.9 Å². The van der Waals surface area contributed by atoms with Crippen molar-refractivity contribution in [3.8, 4) is 0 Å². The Morgan fingerprint density at radius 3 is 2.25 bits per heavy atom. The minimum Gasteiger partial charge on any atom is -0.447 e. The third-order valence-corrected chi connectivity index (χ3v) is 4.99. The van der Waals surface area contributed by atoms with Crippen LogP contribution >= 0.6 is 15.9 Å². The van der Waals surface area contributed by atoms with Gasteiger partial charge in [0.05, 0.1) is 6.54 Å². The number of hydrogen-bond acceptors (Lipinski definition) is 5. The summed E-state index contributed by atoms with van der Waals surface area (Å²) >= 11 is 3.23. The number of cyclic esters (lactones) is 1. The molecule has 2 heterocycles. The molecule has 1 aliphatic heterocycles. The molecule has 6 nitrogen and oxygen atoms in total. The van der Waals surface area contributed by atoms with Gasteiger partial charge in [-0.1, -0.05) is 28.1 Å². The minimum atomic E-state index is -4.72. The van der Waals surface area contributed by atoms with E-state index in [0.717, 1.165) is 29.4 Å². The van der Waals surface area contributed by atoms with Crippen LogP contribution < -0.4 is 0 Å². The van der Waals surface area contributed by atoms with Crippen molar-refractivity contribution in [2.45, 2.75) is 16.9 Å². The van der Waals surface area contributed by atoms with Crippen LogP contribution in [0.2, 0.25) is 0 Å². The van der Waals surface area contributed by atoms with Crippen LogP contribution in [-0.4, -0.2) is 44.8 Å². The summed E-state index contributed by atoms with van der Waals surface area (Å²) in [4.78, 5) is 30.9. The van der Waals surface area contributed by atoms with Gasteiger partial charge in [-0.25, -0.2) is 24.1 Å². The molecule has 0 aliphatic carbocycles. The van der Waals surface area contributed by atoms with Gasteiger partial charge in [-0.15, -0.1) is 0 Å². The van der Waals surface area contributed by atoms with E-state index in [0.29, 0.717) is 5.56 Å². The smallest absolute Gasteiger partial charge is 0.447 e. The van der Waals surface area contributed by atoms with Crippen LogP contribution in [0.25, 0.3) is 0 Å². The number of aromatic nitrogens is 2. The van der Waals surface area contributed by atoms with E-state index in [4.69, 9.17) is 4.74 Å². The number of rotatable bonds is 4. The highest BCUT2D eigenvalue weighted by Gasteiger charge is 2.39. The van der Waals surface area contributed by atoms with Gasteiger partial charge in [0.1, 0.15) is 17.3 Å². The first-order valence-corrected chi connectivity index (χ1v) is 8.87. The summed E-state index contributed by atoms with van der Waals surface area (Å²) in [5.74, 6) is -3.36. The molecule has 2 amide bonds. The van der Waals surface area contributed by atoms with Gasteiger partial charge in [-0.05, 0) is 23.3 Å². The van der Waals surface area contributed by atoms with Gasteiger partial charge in [0.25, 0.3) is 0 Å². The molecular weight excluding hydrogens is 450 g/mol. The predicted octanol–water partition coefficient (Wildman–Crippen LogP) is 3.51. The molecule has 2 aromatic rings. The lowest BCUT2D eigenvalue weighted by Crippen LogP contribution is -2.40. The number of nitrogens with zero attached hydrogens (tertiary/aromatic N) is 3. The van der Waals surface area contributed by atoms with Crippen LogP contribution in [0.4, 0.5) is 22.4 Å². The SMILES string of the molecule is O=C1OCCN1C(=O)C(Br)C(c1ccc(F)cc1)c1cnc(C(F)(F)F)nc1. The summed E-state index contributed by atoms with van der Waals surface area (Å²) < 4.78 is 56.2. The number of carbonyl (C=O) groups excluding carboxylic acids is 2. The fourth-order valence-electron chi connectivity index (χ4n) is 2.73. The van der Waals surface area contributed by atoms with Crippen LogP contribution in [0.15, 0.2) is 36.7 Å². The molecule has 11 heteroatoms. The molecule has 1 aliphatic rings. The Morgan fingerprint density at radius 2 is 1.75 bits per heavy atom. The Bertz CT molecular complexity index is 875. The van der Waals surface area contributed by atoms with Crippen molar-refractivity contribution in [2.24, 2.45) is 0 Å². The largest absolute Gasteiger partial charge is 0.451 e. The van der Waals surface area contributed by atoms with E-state index in [9.17, 15) is 27.2 Å². The molecule has 2 atom stereocenters. The Balaban J connectivity index is 1.98. The molecule has 1 aromatic carbocycles. The number of alkyl halides is 4. The zero-order chi connectivity index (χ0) is 20.5. The highest BCUT2D eigenvalue weighted by atomic mass is 79.9. The highest BCUT2D eigenvalue weighted by Crippen LogP contribution is 2.34. The van der Waals surface area contributed by atoms with Crippen LogP contribution in [0.1, 0.15) is 22.9 Å². The average Bonchev–Trinajstić information content (AvgIpc) is 3.08. The fraction of sp³-hybridized carbons (Fsp3) is 0.294. The summed E-state index contributed by atoms with van der Waals surface area (Å²) in [6.45, 7) is 0.105. The number of imide groups is 1. The van der Waals surface area contributed by atoms with Gasteiger partial charge in [0.15, 0.2) is 0 Å². The van der Waals surface area contributed by atoms with Gasteiger partial charge < -0.3 is 4.74 Å². The Hall–Kier alpha value is -2.56. The molecule has 3 rings (SSSR count). The topological polar surface area (TPSA) is 72.4 Å². The number of carbonyl (C=O) groups is 2. The van der Waals surface area contributed by atoms with Crippen molar-refractivity contribution in [3.63, 3.8) is 0 Å². The maximum Gasteiger partial charge on any atom is 0.451 e. The summed E-state index contributed by atoms with van der Waals surface area (Å²) in [5.41, 5.74) is 0.606. The molecule has 1 saturated heterocycles. The van der Waals surface area contributed by atoms with E-state index in [-0.39, 0.29) is 18.7 Å². The molecule has 2 unspecified atom stereocenters. The molecule has 0 N–H and O–H groups in total. The second kappa shape index (κ2) is 7.82. The lowest BCUT2D eigenvalue weighted by atomic mass is 9.89. The van der Waals surface area contributed by atoms with Gasteiger partial charge in [-0.2, -0.15) is 13.2 Å². The summed E-state index contributed by atoms with van der Waals surface area (Å²) in [5, 5.41) is 0. The Morgan fingerprint density at radius 1 is 1.14 bits per heavy atom. The molecule has 0 radical (unpaired) electrons. The van der Waals surface area contributed by atoms with Crippen molar-refractivity contribution in [3.05, 3.63) is 59.4 Å². The predicted molar refractivity (Wildman–Crippen MR) is 91.1 cm³/mol. The van der Waals surface area contributed by atoms with Gasteiger partial charge in [-0.3, -0.25) is 4.79 Å². The molecular formula is C17H12BrF4N3O3. The normalized spacial score (nSPS) is 16.6. The first-order chi connectivity index (χ1) is 13.2. The second-order valence-electron chi connectivity index (χ2n) is 5.87. The van der Waals surface area contributed by atoms with E-state index < -0.39 is 40.6 Å². The monoisotopic (exact) mass is 461 g/mol. The standard InChI is InChI=1S/C17H12BrF4N3O3/c18-13(14(26)25-5-6-28-16(25)27)12(9-1-3-11(19)4-2-9)10-7-23-15(24-8-10)17(20,21)22/h1-4,7-8,12-13H,5-6H2. The van der Waals surface area contributed by atoms with E-state index in [1.807, 2.05) is 0 Å². The number of hydrogen-bond donors (Lipinski definition) is 0. The van der Waals surface area contributed by atoms with Crippen molar-refractivity contribution in [1.29, 1.82) is 0 Å². The van der Waals surface area contributed by atoms with Gasteiger partial charge in [0.2, 0.25) is 11.7 Å². The lowest BCUT2D eigenvalue weighted by Gasteiger charge is -2.25. The first-order valence-electron chi connectivity index (χ1n) is 7.95. The van der Waals surface area contributed by atoms with Crippen LogP contribution in [0.5, 0.6) is 0 Å². The Kier molecular flexibility index (Phi) is 5.64. The third-order valence-electron chi connectivity index (χ3n) is 4.07. The highest BCUT2D eigenvalue weighted by molar-refractivity contribution is 9.10. The Labute approximate surface area is 164 Å². The minimum absolute atomic E-state index is 0.0505. The van der Waals surface area contributed by atoms with Crippen molar-refractivity contribution in [2.75, 3.05) is 13.2 Å². The van der Waals surface area contributed by atoms with E-state index in [1.54, 1.807) is 0 Å². The summed E-state index contributed by atoms with van der Waals surface area (Å²) in [6.07, 6.45) is -3.62. The maximum atomic E-state index is 13.3. The maximum absolute atomic E-state index is 13.3. The van der Waals surface area contributed by atoms with Gasteiger partial charge in [0, 0.05) is 18.3 Å². The molecule has 28 heavy (non-hydrogen) atoms. The molecule has 0 saturated carbocycles. The second-order valence-corrected chi connectivity index (χ2v) is 6.86. The quantitative estimate of drug-likeness (QED) is 0.514.